The monoisotopic (exact) mass is 236 g/mol. The molecular formula is C11H16N4S. The average molecular weight is 236 g/mol. The molecule has 0 aliphatic heterocycles. The van der Waals surface area contributed by atoms with Crippen LogP contribution in [0.4, 0.5) is 5.82 Å². The van der Waals surface area contributed by atoms with Gasteiger partial charge in [0.05, 0.1) is 11.9 Å². The molecule has 0 saturated carbocycles. The highest BCUT2D eigenvalue weighted by atomic mass is 32.1. The van der Waals surface area contributed by atoms with Crippen LogP contribution in [0, 0.1) is 0 Å². The molecule has 86 valence electrons. The number of anilines is 1. The Morgan fingerprint density at radius 2 is 2.19 bits per heavy atom. The highest BCUT2D eigenvalue weighted by molar-refractivity contribution is 7.16. The molecular weight excluding hydrogens is 220 g/mol. The lowest BCUT2D eigenvalue weighted by Gasteiger charge is -2.10. The third kappa shape index (κ3) is 2.31. The van der Waals surface area contributed by atoms with E-state index in [-0.39, 0.29) is 0 Å². The van der Waals surface area contributed by atoms with Gasteiger partial charge in [-0.05, 0) is 32.5 Å². The molecule has 2 aromatic rings. The molecule has 5 heteroatoms. The fourth-order valence-electron chi connectivity index (χ4n) is 1.56. The largest absolute Gasteiger partial charge is 0.370 e. The number of aromatic nitrogens is 2. The molecule has 0 amide bonds. The van der Waals surface area contributed by atoms with Gasteiger partial charge in [-0.3, -0.25) is 0 Å². The molecule has 0 aromatic carbocycles. The van der Waals surface area contributed by atoms with Gasteiger partial charge in [0, 0.05) is 6.54 Å². The van der Waals surface area contributed by atoms with Crippen LogP contribution in [0.15, 0.2) is 11.4 Å². The maximum absolute atomic E-state index is 4.55. The molecule has 2 aromatic heterocycles. The van der Waals surface area contributed by atoms with Gasteiger partial charge in [-0.15, -0.1) is 11.3 Å². The summed E-state index contributed by atoms with van der Waals surface area (Å²) in [5.74, 6) is 1.82. The lowest BCUT2D eigenvalue weighted by atomic mass is 10.3. The van der Waals surface area contributed by atoms with Gasteiger partial charge in [-0.25, -0.2) is 9.97 Å². The quantitative estimate of drug-likeness (QED) is 0.883. The zero-order valence-corrected chi connectivity index (χ0v) is 10.6. The average Bonchev–Trinajstić information content (AvgIpc) is 2.65. The fourth-order valence-corrected chi connectivity index (χ4v) is 2.34. The summed E-state index contributed by atoms with van der Waals surface area (Å²) in [5, 5.41) is 6.46. The van der Waals surface area contributed by atoms with Crippen LogP contribution < -0.4 is 5.32 Å². The molecule has 0 aliphatic rings. The molecule has 2 heterocycles. The molecule has 0 saturated heterocycles. The molecule has 0 unspecified atom stereocenters. The molecule has 0 atom stereocenters. The van der Waals surface area contributed by atoms with Crippen molar-refractivity contribution in [3.8, 4) is 0 Å². The second-order valence-corrected chi connectivity index (χ2v) is 4.79. The molecule has 0 spiro atoms. The Kier molecular flexibility index (Phi) is 3.36. The number of fused-ring (bicyclic) bond motifs is 1. The zero-order valence-electron chi connectivity index (χ0n) is 9.82. The topological polar surface area (TPSA) is 41.1 Å². The number of hydrogen-bond acceptors (Lipinski definition) is 5. The van der Waals surface area contributed by atoms with Crippen LogP contribution >= 0.6 is 11.3 Å². The van der Waals surface area contributed by atoms with E-state index in [1.54, 1.807) is 11.3 Å². The van der Waals surface area contributed by atoms with Gasteiger partial charge in [0.2, 0.25) is 0 Å². The van der Waals surface area contributed by atoms with Crippen LogP contribution in [0.1, 0.15) is 12.7 Å². The molecule has 2 rings (SSSR count). The Labute approximate surface area is 99.3 Å². The lowest BCUT2D eigenvalue weighted by Crippen LogP contribution is -2.14. The van der Waals surface area contributed by atoms with Gasteiger partial charge >= 0.3 is 0 Å². The molecule has 4 nitrogen and oxygen atoms in total. The summed E-state index contributed by atoms with van der Waals surface area (Å²) in [7, 11) is 4.05. The van der Waals surface area contributed by atoms with Crippen LogP contribution in [0.3, 0.4) is 0 Å². The normalized spacial score (nSPS) is 11.2. The Bertz CT molecular complexity index is 478. The SMILES string of the molecule is CCNc1nc(CN(C)C)nc2sccc12. The van der Waals surface area contributed by atoms with E-state index in [1.165, 1.54) is 0 Å². The summed E-state index contributed by atoms with van der Waals surface area (Å²) in [6, 6.07) is 2.07. The Morgan fingerprint density at radius 3 is 2.88 bits per heavy atom. The van der Waals surface area contributed by atoms with Crippen molar-refractivity contribution in [1.82, 2.24) is 14.9 Å². The van der Waals surface area contributed by atoms with Gasteiger partial charge in [0.1, 0.15) is 16.5 Å². The first kappa shape index (κ1) is 11.3. The summed E-state index contributed by atoms with van der Waals surface area (Å²) in [5.41, 5.74) is 0. The Hall–Kier alpha value is -1.20. The first-order chi connectivity index (χ1) is 7.70. The number of hydrogen-bond donors (Lipinski definition) is 1. The molecule has 16 heavy (non-hydrogen) atoms. The first-order valence-corrected chi connectivity index (χ1v) is 6.21. The first-order valence-electron chi connectivity index (χ1n) is 5.33. The summed E-state index contributed by atoms with van der Waals surface area (Å²) in [6.45, 7) is 3.72. The van der Waals surface area contributed by atoms with E-state index < -0.39 is 0 Å². The van der Waals surface area contributed by atoms with Crippen molar-refractivity contribution in [3.63, 3.8) is 0 Å². The summed E-state index contributed by atoms with van der Waals surface area (Å²) < 4.78 is 0. The second-order valence-electron chi connectivity index (χ2n) is 3.90. The fraction of sp³-hybridized carbons (Fsp3) is 0.455. The van der Waals surface area contributed by atoms with Crippen LogP contribution in [-0.2, 0) is 6.54 Å². The van der Waals surface area contributed by atoms with E-state index in [0.29, 0.717) is 0 Å². The van der Waals surface area contributed by atoms with Crippen LogP contribution in [0.25, 0.3) is 10.2 Å². The Morgan fingerprint density at radius 1 is 1.38 bits per heavy atom. The van der Waals surface area contributed by atoms with Crippen molar-refractivity contribution in [1.29, 1.82) is 0 Å². The minimum absolute atomic E-state index is 0.770. The van der Waals surface area contributed by atoms with E-state index in [2.05, 4.69) is 38.6 Å². The number of thiophene rings is 1. The molecule has 1 N–H and O–H groups in total. The van der Waals surface area contributed by atoms with Crippen molar-refractivity contribution in [2.24, 2.45) is 0 Å². The van der Waals surface area contributed by atoms with Crippen molar-refractivity contribution >= 4 is 27.4 Å². The molecule has 0 bridgehead atoms. The minimum atomic E-state index is 0.770. The van der Waals surface area contributed by atoms with Gasteiger partial charge in [0.15, 0.2) is 0 Å². The summed E-state index contributed by atoms with van der Waals surface area (Å²) in [4.78, 5) is 12.2. The predicted molar refractivity (Wildman–Crippen MR) is 69.0 cm³/mol. The van der Waals surface area contributed by atoms with Gasteiger partial charge in [0.25, 0.3) is 0 Å². The van der Waals surface area contributed by atoms with Crippen molar-refractivity contribution < 1.29 is 0 Å². The van der Waals surface area contributed by atoms with Gasteiger partial charge in [-0.1, -0.05) is 0 Å². The lowest BCUT2D eigenvalue weighted by molar-refractivity contribution is 0.391. The van der Waals surface area contributed by atoms with Crippen molar-refractivity contribution in [2.75, 3.05) is 26.0 Å². The third-order valence-corrected chi connectivity index (χ3v) is 2.98. The predicted octanol–water partition coefficient (Wildman–Crippen LogP) is 2.18. The zero-order chi connectivity index (χ0) is 11.5. The van der Waals surface area contributed by atoms with Gasteiger partial charge < -0.3 is 10.2 Å². The maximum atomic E-state index is 4.55. The van der Waals surface area contributed by atoms with E-state index in [0.717, 1.165) is 34.9 Å². The van der Waals surface area contributed by atoms with Crippen molar-refractivity contribution in [2.45, 2.75) is 13.5 Å². The Balaban J connectivity index is 2.44. The van der Waals surface area contributed by atoms with Crippen molar-refractivity contribution in [3.05, 3.63) is 17.3 Å². The third-order valence-electron chi connectivity index (χ3n) is 2.17. The van der Waals surface area contributed by atoms with Crippen LogP contribution in [0.5, 0.6) is 0 Å². The molecule has 0 radical (unpaired) electrons. The number of rotatable bonds is 4. The second kappa shape index (κ2) is 4.76. The molecule has 0 aliphatic carbocycles. The number of nitrogens with one attached hydrogen (secondary N) is 1. The van der Waals surface area contributed by atoms with Gasteiger partial charge in [-0.2, -0.15) is 0 Å². The van der Waals surface area contributed by atoms with E-state index in [1.807, 2.05) is 14.1 Å². The molecule has 0 fully saturated rings. The highest BCUT2D eigenvalue weighted by Crippen LogP contribution is 2.25. The van der Waals surface area contributed by atoms with E-state index in [4.69, 9.17) is 0 Å². The van der Waals surface area contributed by atoms with Crippen LogP contribution in [0.2, 0.25) is 0 Å². The standard InChI is InChI=1S/C11H16N4S/c1-4-12-10-8-5-6-16-11(8)14-9(13-10)7-15(2)3/h5-6H,4,7H2,1-3H3,(H,12,13,14). The van der Waals surface area contributed by atoms with E-state index in [9.17, 15) is 0 Å². The maximum Gasteiger partial charge on any atom is 0.146 e. The van der Waals surface area contributed by atoms with Crippen LogP contribution in [-0.4, -0.2) is 35.5 Å². The summed E-state index contributed by atoms with van der Waals surface area (Å²) >= 11 is 1.66. The minimum Gasteiger partial charge on any atom is -0.370 e. The number of nitrogens with zero attached hydrogens (tertiary/aromatic N) is 3. The smallest absolute Gasteiger partial charge is 0.146 e. The van der Waals surface area contributed by atoms with E-state index >= 15 is 0 Å². The summed E-state index contributed by atoms with van der Waals surface area (Å²) in [6.07, 6.45) is 0. The highest BCUT2D eigenvalue weighted by Gasteiger charge is 2.08.